The first-order valence-electron chi connectivity index (χ1n) is 7.39. The molecular formula is C15H18BrN3O4S3. The molecule has 0 unspecified atom stereocenters. The Morgan fingerprint density at radius 2 is 2.12 bits per heavy atom. The largest absolute Gasteiger partial charge is 0.384 e. The standard InChI is InChI=1S/C15H18BrN3O4S3/c1-9-6-14(25-11(9)4-5-23-2)26(21,22)19-15(20)18-13-8-10(24-3)7-12(16)17-13/h6-8H,4-5H2,1-3H3,(H2,17,18,19,20). The summed E-state index contributed by atoms with van der Waals surface area (Å²) < 4.78 is 32.5. The van der Waals surface area contributed by atoms with Crippen LogP contribution < -0.4 is 10.0 Å². The van der Waals surface area contributed by atoms with Crippen molar-refractivity contribution in [3.05, 3.63) is 33.2 Å². The predicted molar refractivity (Wildman–Crippen MR) is 108 cm³/mol. The molecule has 0 aliphatic rings. The Labute approximate surface area is 169 Å². The van der Waals surface area contributed by atoms with Crippen LogP contribution in [-0.4, -0.2) is 39.4 Å². The third kappa shape index (κ3) is 5.68. The molecule has 0 aliphatic heterocycles. The average Bonchev–Trinajstić information content (AvgIpc) is 2.93. The topological polar surface area (TPSA) is 97.4 Å². The molecule has 2 aromatic heterocycles. The number of nitrogens with one attached hydrogen (secondary N) is 2. The number of aryl methyl sites for hydroxylation is 1. The van der Waals surface area contributed by atoms with Crippen LogP contribution in [0, 0.1) is 6.92 Å². The van der Waals surface area contributed by atoms with Gasteiger partial charge < -0.3 is 4.74 Å². The van der Waals surface area contributed by atoms with E-state index in [4.69, 9.17) is 4.74 Å². The third-order valence-electron chi connectivity index (χ3n) is 3.27. The maximum absolute atomic E-state index is 12.4. The van der Waals surface area contributed by atoms with Crippen molar-refractivity contribution >= 4 is 60.9 Å². The Bertz CT molecular complexity index is 900. The number of amides is 2. The number of thiophene rings is 1. The first kappa shape index (κ1) is 21.2. The number of carbonyl (C=O) groups excluding carboxylic acids is 1. The molecule has 26 heavy (non-hydrogen) atoms. The summed E-state index contributed by atoms with van der Waals surface area (Å²) >= 11 is 5.85. The lowest BCUT2D eigenvalue weighted by molar-refractivity contribution is 0.203. The second kappa shape index (κ2) is 9.18. The molecule has 0 saturated carbocycles. The van der Waals surface area contributed by atoms with Gasteiger partial charge >= 0.3 is 6.03 Å². The van der Waals surface area contributed by atoms with Gasteiger partial charge in [0.2, 0.25) is 0 Å². The van der Waals surface area contributed by atoms with Crippen LogP contribution in [0.3, 0.4) is 0 Å². The Kier molecular flexibility index (Phi) is 7.47. The smallest absolute Gasteiger partial charge is 0.334 e. The van der Waals surface area contributed by atoms with Gasteiger partial charge in [-0.1, -0.05) is 0 Å². The van der Waals surface area contributed by atoms with Crippen LogP contribution in [0.2, 0.25) is 0 Å². The molecule has 0 fully saturated rings. The number of nitrogens with zero attached hydrogens (tertiary/aromatic N) is 1. The lowest BCUT2D eigenvalue weighted by Crippen LogP contribution is -2.34. The quantitative estimate of drug-likeness (QED) is 0.464. The van der Waals surface area contributed by atoms with Crippen LogP contribution in [0.1, 0.15) is 10.4 Å². The van der Waals surface area contributed by atoms with Crippen molar-refractivity contribution in [1.29, 1.82) is 0 Å². The molecule has 0 saturated heterocycles. The zero-order valence-electron chi connectivity index (χ0n) is 14.3. The van der Waals surface area contributed by atoms with Crippen LogP contribution in [0.4, 0.5) is 10.6 Å². The summed E-state index contributed by atoms with van der Waals surface area (Å²) in [4.78, 5) is 18.0. The number of hydrogen-bond acceptors (Lipinski definition) is 7. The van der Waals surface area contributed by atoms with Gasteiger partial charge in [0.15, 0.2) is 0 Å². The zero-order chi connectivity index (χ0) is 19.3. The minimum absolute atomic E-state index is 0.0863. The van der Waals surface area contributed by atoms with Crippen LogP contribution in [0.15, 0.2) is 31.9 Å². The highest BCUT2D eigenvalue weighted by atomic mass is 79.9. The van der Waals surface area contributed by atoms with Crippen molar-refractivity contribution in [3.63, 3.8) is 0 Å². The Morgan fingerprint density at radius 3 is 2.77 bits per heavy atom. The molecule has 2 N–H and O–H groups in total. The van der Waals surface area contributed by atoms with E-state index in [1.807, 2.05) is 17.9 Å². The number of pyridine rings is 1. The van der Waals surface area contributed by atoms with E-state index >= 15 is 0 Å². The predicted octanol–water partition coefficient (Wildman–Crippen LogP) is 3.64. The maximum Gasteiger partial charge on any atom is 0.334 e. The lowest BCUT2D eigenvalue weighted by Gasteiger charge is -2.08. The molecule has 2 heterocycles. The Hall–Kier alpha value is -1.14. The average molecular weight is 480 g/mol. The minimum Gasteiger partial charge on any atom is -0.384 e. The van der Waals surface area contributed by atoms with Crippen molar-refractivity contribution in [2.75, 3.05) is 25.3 Å². The summed E-state index contributed by atoms with van der Waals surface area (Å²) in [6.07, 6.45) is 2.50. The lowest BCUT2D eigenvalue weighted by atomic mass is 10.2. The number of hydrogen-bond donors (Lipinski definition) is 2. The molecule has 0 radical (unpaired) electrons. The highest BCUT2D eigenvalue weighted by molar-refractivity contribution is 9.10. The van der Waals surface area contributed by atoms with E-state index < -0.39 is 16.1 Å². The fourth-order valence-corrected chi connectivity index (χ4v) is 5.56. The zero-order valence-corrected chi connectivity index (χ0v) is 18.4. The van der Waals surface area contributed by atoms with Gasteiger partial charge in [-0.2, -0.15) is 0 Å². The van der Waals surface area contributed by atoms with Crippen LogP contribution in [0.25, 0.3) is 0 Å². The summed E-state index contributed by atoms with van der Waals surface area (Å²) in [6.45, 7) is 2.33. The van der Waals surface area contributed by atoms with Crippen LogP contribution in [0.5, 0.6) is 0 Å². The normalized spacial score (nSPS) is 11.4. The van der Waals surface area contributed by atoms with Gasteiger partial charge in [-0.15, -0.1) is 23.1 Å². The number of halogens is 1. The number of thioether (sulfide) groups is 1. The molecule has 0 aromatic carbocycles. The summed E-state index contributed by atoms with van der Waals surface area (Å²) in [5.74, 6) is 0.250. The second-order valence-electron chi connectivity index (χ2n) is 5.19. The number of urea groups is 1. The van der Waals surface area contributed by atoms with Crippen molar-refractivity contribution < 1.29 is 17.9 Å². The molecule has 0 aliphatic carbocycles. The first-order chi connectivity index (χ1) is 12.2. The molecule has 2 amide bonds. The van der Waals surface area contributed by atoms with Gasteiger partial charge in [0.1, 0.15) is 14.6 Å². The number of anilines is 1. The van der Waals surface area contributed by atoms with E-state index in [0.29, 0.717) is 17.6 Å². The van der Waals surface area contributed by atoms with E-state index in [1.165, 1.54) is 11.8 Å². The highest BCUT2D eigenvalue weighted by Crippen LogP contribution is 2.26. The van der Waals surface area contributed by atoms with Crippen molar-refractivity contribution in [1.82, 2.24) is 9.71 Å². The summed E-state index contributed by atoms with van der Waals surface area (Å²) in [5, 5.41) is 2.44. The monoisotopic (exact) mass is 479 g/mol. The highest BCUT2D eigenvalue weighted by Gasteiger charge is 2.22. The Balaban J connectivity index is 2.11. The van der Waals surface area contributed by atoms with Gasteiger partial charge in [0, 0.05) is 23.3 Å². The van der Waals surface area contributed by atoms with Crippen molar-refractivity contribution in [2.24, 2.45) is 0 Å². The molecule has 142 valence electrons. The second-order valence-corrected chi connectivity index (χ2v) is 9.93. The van der Waals surface area contributed by atoms with Crippen molar-refractivity contribution in [2.45, 2.75) is 22.4 Å². The van der Waals surface area contributed by atoms with Gasteiger partial charge in [-0.3, -0.25) is 5.32 Å². The third-order valence-corrected chi connectivity index (χ3v) is 7.48. The minimum atomic E-state index is -3.96. The van der Waals surface area contributed by atoms with Crippen LogP contribution in [-0.2, 0) is 21.2 Å². The van der Waals surface area contributed by atoms with Crippen molar-refractivity contribution in [3.8, 4) is 0 Å². The summed E-state index contributed by atoms with van der Waals surface area (Å²) in [5.41, 5.74) is 0.853. The molecule has 11 heteroatoms. The van der Waals surface area contributed by atoms with Crippen LogP contribution >= 0.6 is 39.0 Å². The van der Waals surface area contributed by atoms with E-state index in [1.54, 1.807) is 25.3 Å². The summed E-state index contributed by atoms with van der Waals surface area (Å²) in [7, 11) is -2.37. The molecule has 0 spiro atoms. The fraction of sp³-hybridized carbons (Fsp3) is 0.333. The fourth-order valence-electron chi connectivity index (χ4n) is 2.03. The number of aromatic nitrogens is 1. The Morgan fingerprint density at radius 1 is 1.38 bits per heavy atom. The SMILES string of the molecule is COCCc1sc(S(=O)(=O)NC(=O)Nc2cc(SC)cc(Br)n2)cc1C. The molecule has 0 bridgehead atoms. The van der Waals surface area contributed by atoms with Gasteiger partial charge in [0.05, 0.1) is 6.61 Å². The molecule has 0 atom stereocenters. The van der Waals surface area contributed by atoms with E-state index in [-0.39, 0.29) is 10.0 Å². The molecule has 2 rings (SSSR count). The molecular weight excluding hydrogens is 462 g/mol. The van der Waals surface area contributed by atoms with Gasteiger partial charge in [-0.05, 0) is 52.9 Å². The summed E-state index contributed by atoms with van der Waals surface area (Å²) in [6, 6.07) is 4.13. The number of methoxy groups -OCH3 is 1. The molecule has 2 aromatic rings. The molecule has 7 nitrogen and oxygen atoms in total. The number of sulfonamides is 1. The maximum atomic E-state index is 12.4. The number of ether oxygens (including phenoxy) is 1. The van der Waals surface area contributed by atoms with E-state index in [0.717, 1.165) is 26.7 Å². The van der Waals surface area contributed by atoms with E-state index in [2.05, 4.69) is 26.2 Å². The van der Waals surface area contributed by atoms with Gasteiger partial charge in [-0.25, -0.2) is 22.9 Å². The van der Waals surface area contributed by atoms with Gasteiger partial charge in [0.25, 0.3) is 10.0 Å². The number of rotatable bonds is 7. The number of carbonyl (C=O) groups is 1. The first-order valence-corrected chi connectivity index (χ1v) is 11.7. The van der Waals surface area contributed by atoms with E-state index in [9.17, 15) is 13.2 Å².